The van der Waals surface area contributed by atoms with Crippen molar-refractivity contribution in [2.24, 2.45) is 0 Å². The Kier molecular flexibility index (Phi) is 6.72. The number of hydrogen-bond acceptors (Lipinski definition) is 8. The van der Waals surface area contributed by atoms with Crippen molar-refractivity contribution in [2.45, 2.75) is 13.0 Å². The van der Waals surface area contributed by atoms with Crippen molar-refractivity contribution in [3.63, 3.8) is 0 Å². The Morgan fingerprint density at radius 1 is 1.09 bits per heavy atom. The van der Waals surface area contributed by atoms with E-state index in [4.69, 9.17) is 26.8 Å². The van der Waals surface area contributed by atoms with Crippen LogP contribution in [0.3, 0.4) is 0 Å². The second kappa shape index (κ2) is 10.0. The van der Waals surface area contributed by atoms with E-state index < -0.39 is 0 Å². The standard InChI is InChI=1S/C24H21ClN6O2/c1-15(33-23-5-3-4-21(25)31-23)14-32-18-8-9-28-17(10-18)7-6-16-12-30-24(27-2)20-13-29-22(26)11-19(16)20/h3-5,8-13,15H,14H2,1-2H3,(H2,26,29)(H,27,30). The Morgan fingerprint density at radius 2 is 1.97 bits per heavy atom. The number of pyridine rings is 4. The smallest absolute Gasteiger partial charge is 0.215 e. The number of nitrogens with one attached hydrogen (secondary N) is 1. The lowest BCUT2D eigenvalue weighted by atomic mass is 10.1. The van der Waals surface area contributed by atoms with E-state index in [1.165, 1.54) is 0 Å². The quantitative estimate of drug-likeness (QED) is 0.329. The molecule has 0 aliphatic heterocycles. The summed E-state index contributed by atoms with van der Waals surface area (Å²) in [5, 5.41) is 5.13. The maximum Gasteiger partial charge on any atom is 0.215 e. The first-order chi connectivity index (χ1) is 16.0. The molecule has 4 heterocycles. The van der Waals surface area contributed by atoms with Gasteiger partial charge in [-0.25, -0.2) is 19.9 Å². The third-order valence-corrected chi connectivity index (χ3v) is 4.79. The van der Waals surface area contributed by atoms with Gasteiger partial charge < -0.3 is 20.5 Å². The third-order valence-electron chi connectivity index (χ3n) is 4.58. The van der Waals surface area contributed by atoms with Gasteiger partial charge in [-0.1, -0.05) is 23.6 Å². The molecule has 4 aromatic heterocycles. The number of hydrogen-bond donors (Lipinski definition) is 2. The zero-order valence-corrected chi connectivity index (χ0v) is 18.8. The average Bonchev–Trinajstić information content (AvgIpc) is 2.81. The Bertz CT molecular complexity index is 1350. The van der Waals surface area contributed by atoms with E-state index in [-0.39, 0.29) is 6.10 Å². The van der Waals surface area contributed by atoms with E-state index in [2.05, 4.69) is 37.1 Å². The summed E-state index contributed by atoms with van der Waals surface area (Å²) in [5.74, 6) is 8.39. The predicted molar refractivity (Wildman–Crippen MR) is 129 cm³/mol. The van der Waals surface area contributed by atoms with Gasteiger partial charge >= 0.3 is 0 Å². The summed E-state index contributed by atoms with van der Waals surface area (Å²) in [6.07, 6.45) is 4.79. The van der Waals surface area contributed by atoms with Crippen molar-refractivity contribution in [3.05, 3.63) is 71.4 Å². The van der Waals surface area contributed by atoms with Crippen LogP contribution < -0.4 is 20.5 Å². The summed E-state index contributed by atoms with van der Waals surface area (Å²) in [5.41, 5.74) is 7.16. The molecule has 0 saturated heterocycles. The highest BCUT2D eigenvalue weighted by Gasteiger charge is 2.08. The molecular weight excluding hydrogens is 440 g/mol. The summed E-state index contributed by atoms with van der Waals surface area (Å²) >= 11 is 5.89. The van der Waals surface area contributed by atoms with Crippen molar-refractivity contribution >= 4 is 34.0 Å². The molecule has 33 heavy (non-hydrogen) atoms. The Balaban J connectivity index is 1.48. The topological polar surface area (TPSA) is 108 Å². The number of fused-ring (bicyclic) bond motifs is 1. The fraction of sp³-hybridized carbons (Fsp3) is 0.167. The second-order valence-electron chi connectivity index (χ2n) is 7.09. The molecular formula is C24H21ClN6O2. The van der Waals surface area contributed by atoms with Gasteiger partial charge in [-0.05, 0) is 31.0 Å². The van der Waals surface area contributed by atoms with Gasteiger partial charge in [0.25, 0.3) is 0 Å². The van der Waals surface area contributed by atoms with E-state index >= 15 is 0 Å². The lowest BCUT2D eigenvalue weighted by molar-refractivity contribution is 0.138. The van der Waals surface area contributed by atoms with Gasteiger partial charge in [0.05, 0.1) is 5.56 Å². The van der Waals surface area contributed by atoms with Crippen molar-refractivity contribution in [1.29, 1.82) is 0 Å². The van der Waals surface area contributed by atoms with Crippen molar-refractivity contribution in [1.82, 2.24) is 19.9 Å². The number of nitrogens with zero attached hydrogens (tertiary/aromatic N) is 4. The highest BCUT2D eigenvalue weighted by molar-refractivity contribution is 6.29. The van der Waals surface area contributed by atoms with Crippen LogP contribution in [0.25, 0.3) is 10.8 Å². The van der Waals surface area contributed by atoms with E-state index in [9.17, 15) is 0 Å². The van der Waals surface area contributed by atoms with Gasteiger partial charge in [-0.15, -0.1) is 0 Å². The molecule has 0 aromatic carbocycles. The highest BCUT2D eigenvalue weighted by Crippen LogP contribution is 2.24. The van der Waals surface area contributed by atoms with Crippen LogP contribution in [0.15, 0.2) is 55.0 Å². The van der Waals surface area contributed by atoms with Crippen molar-refractivity contribution in [3.8, 4) is 23.5 Å². The summed E-state index contributed by atoms with van der Waals surface area (Å²) in [4.78, 5) is 17.0. The lowest BCUT2D eigenvalue weighted by Crippen LogP contribution is -2.21. The van der Waals surface area contributed by atoms with Gasteiger partial charge in [0.2, 0.25) is 5.88 Å². The van der Waals surface area contributed by atoms with Gasteiger partial charge in [-0.2, -0.15) is 0 Å². The van der Waals surface area contributed by atoms with Crippen LogP contribution in [0.4, 0.5) is 11.6 Å². The maximum absolute atomic E-state index is 5.89. The number of aromatic nitrogens is 4. The fourth-order valence-electron chi connectivity index (χ4n) is 3.06. The number of halogens is 1. The molecule has 0 saturated carbocycles. The van der Waals surface area contributed by atoms with Crippen LogP contribution >= 0.6 is 11.6 Å². The molecule has 0 fully saturated rings. The molecule has 0 bridgehead atoms. The largest absolute Gasteiger partial charge is 0.490 e. The molecule has 1 unspecified atom stereocenters. The third kappa shape index (κ3) is 5.59. The highest BCUT2D eigenvalue weighted by atomic mass is 35.5. The maximum atomic E-state index is 5.89. The summed E-state index contributed by atoms with van der Waals surface area (Å²) in [6, 6.07) is 10.5. The Labute approximate surface area is 196 Å². The first kappa shape index (κ1) is 22.1. The first-order valence-electron chi connectivity index (χ1n) is 10.1. The molecule has 0 radical (unpaired) electrons. The molecule has 9 heteroatoms. The minimum atomic E-state index is -0.235. The predicted octanol–water partition coefficient (Wildman–Crippen LogP) is 3.94. The Hall–Kier alpha value is -4.09. The van der Waals surface area contributed by atoms with Crippen molar-refractivity contribution in [2.75, 3.05) is 24.7 Å². The number of anilines is 2. The van der Waals surface area contributed by atoms with Crippen LogP contribution in [-0.4, -0.2) is 39.7 Å². The van der Waals surface area contributed by atoms with E-state index in [0.717, 1.165) is 16.3 Å². The van der Waals surface area contributed by atoms with Crippen molar-refractivity contribution < 1.29 is 9.47 Å². The summed E-state index contributed by atoms with van der Waals surface area (Å²) in [6.45, 7) is 2.20. The summed E-state index contributed by atoms with van der Waals surface area (Å²) < 4.78 is 11.6. The number of ether oxygens (including phenoxy) is 2. The number of nitrogens with two attached hydrogens (primary N) is 1. The molecule has 0 spiro atoms. The fourth-order valence-corrected chi connectivity index (χ4v) is 3.22. The molecule has 8 nitrogen and oxygen atoms in total. The second-order valence-corrected chi connectivity index (χ2v) is 7.48. The Morgan fingerprint density at radius 3 is 2.79 bits per heavy atom. The zero-order chi connectivity index (χ0) is 23.2. The average molecular weight is 461 g/mol. The lowest BCUT2D eigenvalue weighted by Gasteiger charge is -2.15. The van der Waals surface area contributed by atoms with Crippen LogP contribution in [0.2, 0.25) is 5.15 Å². The molecule has 1 atom stereocenters. The molecule has 0 aliphatic rings. The SMILES string of the molecule is CNc1ncc(C#Cc2cc(OCC(C)Oc3cccc(Cl)n3)ccn2)c2cc(N)ncc12. The molecule has 0 aliphatic carbocycles. The molecule has 3 N–H and O–H groups in total. The molecule has 4 aromatic rings. The number of nitrogen functional groups attached to an aromatic ring is 1. The normalized spacial score (nSPS) is 11.4. The molecule has 166 valence electrons. The van der Waals surface area contributed by atoms with E-state index in [1.54, 1.807) is 62.0 Å². The zero-order valence-electron chi connectivity index (χ0n) is 18.0. The van der Waals surface area contributed by atoms with E-state index in [0.29, 0.717) is 40.7 Å². The van der Waals surface area contributed by atoms with Gasteiger partial charge in [-0.3, -0.25) is 0 Å². The van der Waals surface area contributed by atoms with Crippen LogP contribution in [-0.2, 0) is 0 Å². The van der Waals surface area contributed by atoms with Crippen LogP contribution in [0.1, 0.15) is 18.2 Å². The van der Waals surface area contributed by atoms with Crippen LogP contribution in [0, 0.1) is 11.8 Å². The van der Waals surface area contributed by atoms with Gasteiger partial charge in [0, 0.05) is 48.5 Å². The minimum Gasteiger partial charge on any atom is -0.490 e. The number of rotatable bonds is 6. The monoisotopic (exact) mass is 460 g/mol. The van der Waals surface area contributed by atoms with Crippen LogP contribution in [0.5, 0.6) is 11.6 Å². The summed E-state index contributed by atoms with van der Waals surface area (Å²) in [7, 11) is 1.80. The molecule has 4 rings (SSSR count). The molecule has 0 amide bonds. The minimum absolute atomic E-state index is 0.235. The first-order valence-corrected chi connectivity index (χ1v) is 10.5. The van der Waals surface area contributed by atoms with Gasteiger partial charge in [0.1, 0.15) is 40.9 Å². The van der Waals surface area contributed by atoms with E-state index in [1.807, 2.05) is 6.92 Å². The van der Waals surface area contributed by atoms with Gasteiger partial charge in [0.15, 0.2) is 0 Å².